The van der Waals surface area contributed by atoms with Gasteiger partial charge >= 0.3 is 0 Å². The van der Waals surface area contributed by atoms with E-state index < -0.39 is 10.8 Å². The molecule has 2 aromatic carbocycles. The van der Waals surface area contributed by atoms with E-state index in [1.807, 2.05) is 0 Å². The molecule has 4 N–H and O–H groups in total. The molecule has 1 aromatic heterocycles. The van der Waals surface area contributed by atoms with Crippen LogP contribution >= 0.6 is 0 Å². The van der Waals surface area contributed by atoms with Crippen molar-refractivity contribution >= 4 is 33.5 Å². The Labute approximate surface area is 122 Å². The first-order valence-electron chi connectivity index (χ1n) is 6.05. The normalized spacial score (nSPS) is 12.4. The van der Waals surface area contributed by atoms with Crippen molar-refractivity contribution in [1.29, 1.82) is 0 Å². The molecule has 0 saturated carbocycles. The van der Waals surface area contributed by atoms with E-state index in [0.717, 1.165) is 0 Å². The molecular formula is C14H11FN4OS. The Morgan fingerprint density at radius 1 is 0.952 bits per heavy atom. The molecule has 0 fully saturated rings. The number of nitrogen functional groups attached to an aromatic ring is 2. The van der Waals surface area contributed by atoms with Crippen LogP contribution in [0.15, 0.2) is 52.3 Å². The second kappa shape index (κ2) is 5.10. The monoisotopic (exact) mass is 302 g/mol. The van der Waals surface area contributed by atoms with Crippen molar-refractivity contribution in [2.24, 2.45) is 0 Å². The van der Waals surface area contributed by atoms with Gasteiger partial charge in [0.25, 0.3) is 0 Å². The first-order valence-corrected chi connectivity index (χ1v) is 7.19. The first kappa shape index (κ1) is 13.4. The van der Waals surface area contributed by atoms with Crippen LogP contribution in [0.1, 0.15) is 0 Å². The van der Waals surface area contributed by atoms with E-state index in [9.17, 15) is 8.60 Å². The number of hydrogen-bond acceptors (Lipinski definition) is 5. The maximum absolute atomic E-state index is 12.9. The van der Waals surface area contributed by atoms with Crippen molar-refractivity contribution in [3.8, 4) is 0 Å². The summed E-state index contributed by atoms with van der Waals surface area (Å²) < 4.78 is 25.4. The number of benzene rings is 2. The summed E-state index contributed by atoms with van der Waals surface area (Å²) in [5, 5.41) is 0.581. The fourth-order valence-corrected chi connectivity index (χ4v) is 3.03. The molecule has 0 amide bonds. The largest absolute Gasteiger partial charge is 0.383 e. The highest BCUT2D eigenvalue weighted by Crippen LogP contribution is 2.24. The molecule has 106 valence electrons. The van der Waals surface area contributed by atoms with Crippen LogP contribution in [-0.4, -0.2) is 14.2 Å². The molecule has 21 heavy (non-hydrogen) atoms. The SMILES string of the molecule is Nc1nc(N)c2cc(S(=O)c3ccc(F)cc3)ccc2n1. The van der Waals surface area contributed by atoms with Crippen molar-refractivity contribution in [3.63, 3.8) is 0 Å². The summed E-state index contributed by atoms with van der Waals surface area (Å²) in [5.41, 5.74) is 11.9. The zero-order valence-corrected chi connectivity index (χ0v) is 11.6. The summed E-state index contributed by atoms with van der Waals surface area (Å²) >= 11 is 0. The molecule has 0 spiro atoms. The molecule has 1 unspecified atom stereocenters. The van der Waals surface area contributed by atoms with Crippen LogP contribution in [0.2, 0.25) is 0 Å². The Morgan fingerprint density at radius 2 is 1.62 bits per heavy atom. The lowest BCUT2D eigenvalue weighted by Crippen LogP contribution is -2.01. The molecule has 0 aliphatic carbocycles. The van der Waals surface area contributed by atoms with E-state index in [4.69, 9.17) is 11.5 Å². The first-order chi connectivity index (χ1) is 10.0. The predicted molar refractivity (Wildman–Crippen MR) is 79.4 cm³/mol. The van der Waals surface area contributed by atoms with Gasteiger partial charge < -0.3 is 11.5 Å². The molecular weight excluding hydrogens is 291 g/mol. The second-order valence-corrected chi connectivity index (χ2v) is 5.85. The molecule has 0 aliphatic rings. The van der Waals surface area contributed by atoms with Crippen molar-refractivity contribution < 1.29 is 8.60 Å². The van der Waals surface area contributed by atoms with Gasteiger partial charge in [-0.1, -0.05) is 0 Å². The maximum atomic E-state index is 12.9. The molecule has 5 nitrogen and oxygen atoms in total. The maximum Gasteiger partial charge on any atom is 0.222 e. The Kier molecular flexibility index (Phi) is 3.26. The molecule has 1 atom stereocenters. The van der Waals surface area contributed by atoms with Gasteiger partial charge in [-0.3, -0.25) is 0 Å². The number of fused-ring (bicyclic) bond motifs is 1. The van der Waals surface area contributed by atoms with E-state index in [2.05, 4.69) is 9.97 Å². The summed E-state index contributed by atoms with van der Waals surface area (Å²) in [4.78, 5) is 8.98. The second-order valence-electron chi connectivity index (χ2n) is 4.37. The van der Waals surface area contributed by atoms with Crippen molar-refractivity contribution in [3.05, 3.63) is 48.3 Å². The minimum atomic E-state index is -1.43. The molecule has 1 heterocycles. The van der Waals surface area contributed by atoms with E-state index in [1.54, 1.807) is 18.2 Å². The topological polar surface area (TPSA) is 94.9 Å². The number of nitrogens with zero attached hydrogens (tertiary/aromatic N) is 2. The van der Waals surface area contributed by atoms with E-state index >= 15 is 0 Å². The fraction of sp³-hybridized carbons (Fsp3) is 0. The van der Waals surface area contributed by atoms with Gasteiger partial charge in [0.2, 0.25) is 5.95 Å². The zero-order chi connectivity index (χ0) is 15.0. The molecule has 3 aromatic rings. The molecule has 7 heteroatoms. The quantitative estimate of drug-likeness (QED) is 0.756. The Morgan fingerprint density at radius 3 is 2.33 bits per heavy atom. The number of aromatic nitrogens is 2. The average molecular weight is 302 g/mol. The Bertz CT molecular complexity index is 851. The third kappa shape index (κ3) is 2.55. The van der Waals surface area contributed by atoms with E-state index in [0.29, 0.717) is 20.7 Å². The third-order valence-corrected chi connectivity index (χ3v) is 4.34. The summed E-state index contributed by atoms with van der Waals surface area (Å²) in [6.07, 6.45) is 0. The van der Waals surface area contributed by atoms with Gasteiger partial charge in [0, 0.05) is 15.2 Å². The molecule has 0 radical (unpaired) electrons. The van der Waals surface area contributed by atoms with Crippen LogP contribution in [0.5, 0.6) is 0 Å². The average Bonchev–Trinajstić information content (AvgIpc) is 2.47. The third-order valence-electron chi connectivity index (χ3n) is 2.96. The highest BCUT2D eigenvalue weighted by Gasteiger charge is 2.10. The fourth-order valence-electron chi connectivity index (χ4n) is 1.96. The van der Waals surface area contributed by atoms with Gasteiger partial charge in [-0.15, -0.1) is 0 Å². The lowest BCUT2D eigenvalue weighted by atomic mass is 10.2. The summed E-state index contributed by atoms with van der Waals surface area (Å²) in [6.45, 7) is 0. The lowest BCUT2D eigenvalue weighted by Gasteiger charge is -2.06. The smallest absolute Gasteiger partial charge is 0.222 e. The van der Waals surface area contributed by atoms with Gasteiger partial charge in [0.1, 0.15) is 11.6 Å². The van der Waals surface area contributed by atoms with Crippen molar-refractivity contribution in [1.82, 2.24) is 9.97 Å². The van der Waals surface area contributed by atoms with Gasteiger partial charge in [0.05, 0.1) is 16.3 Å². The number of nitrogens with two attached hydrogens (primary N) is 2. The van der Waals surface area contributed by atoms with Crippen LogP contribution in [0, 0.1) is 5.82 Å². The zero-order valence-electron chi connectivity index (χ0n) is 10.8. The standard InChI is InChI=1S/C14H11FN4OS/c15-8-1-3-9(4-2-8)21(20)10-5-6-12-11(7-10)13(16)19-14(17)18-12/h1-7H,(H4,16,17,18,19). The van der Waals surface area contributed by atoms with Gasteiger partial charge in [-0.2, -0.15) is 4.98 Å². The Balaban J connectivity index is 2.08. The molecule has 0 bridgehead atoms. The van der Waals surface area contributed by atoms with Crippen LogP contribution in [0.4, 0.5) is 16.2 Å². The van der Waals surface area contributed by atoms with Crippen LogP contribution < -0.4 is 11.5 Å². The highest BCUT2D eigenvalue weighted by atomic mass is 32.2. The summed E-state index contributed by atoms with van der Waals surface area (Å²) in [7, 11) is -1.43. The summed E-state index contributed by atoms with van der Waals surface area (Å²) in [5.74, 6) is -0.0507. The minimum Gasteiger partial charge on any atom is -0.383 e. The van der Waals surface area contributed by atoms with Gasteiger partial charge in [-0.05, 0) is 42.5 Å². The van der Waals surface area contributed by atoms with Crippen LogP contribution in [0.25, 0.3) is 10.9 Å². The van der Waals surface area contributed by atoms with Crippen LogP contribution in [0.3, 0.4) is 0 Å². The van der Waals surface area contributed by atoms with Crippen molar-refractivity contribution in [2.45, 2.75) is 9.79 Å². The number of rotatable bonds is 2. The molecule has 0 aliphatic heterocycles. The van der Waals surface area contributed by atoms with Crippen molar-refractivity contribution in [2.75, 3.05) is 11.5 Å². The van der Waals surface area contributed by atoms with E-state index in [1.165, 1.54) is 24.3 Å². The molecule has 3 rings (SSSR count). The van der Waals surface area contributed by atoms with Gasteiger partial charge in [0.15, 0.2) is 0 Å². The van der Waals surface area contributed by atoms with Gasteiger partial charge in [-0.25, -0.2) is 13.6 Å². The number of hydrogen-bond donors (Lipinski definition) is 2. The Hall–Kier alpha value is -2.54. The highest BCUT2D eigenvalue weighted by molar-refractivity contribution is 7.85. The lowest BCUT2D eigenvalue weighted by molar-refractivity contribution is 0.626. The molecule has 0 saturated heterocycles. The predicted octanol–water partition coefficient (Wildman–Crippen LogP) is 2.10. The number of halogens is 1. The minimum absolute atomic E-state index is 0.0902. The van der Waals surface area contributed by atoms with E-state index in [-0.39, 0.29) is 17.6 Å². The number of anilines is 2. The summed E-state index contributed by atoms with van der Waals surface area (Å²) in [6, 6.07) is 10.5. The van der Waals surface area contributed by atoms with Crippen LogP contribution in [-0.2, 0) is 10.8 Å².